The Labute approximate surface area is 168 Å². The van der Waals surface area contributed by atoms with Crippen LogP contribution in [-0.4, -0.2) is 35.2 Å². The maximum absolute atomic E-state index is 13.0. The molecule has 2 aromatic carbocycles. The van der Waals surface area contributed by atoms with Crippen LogP contribution >= 0.6 is 0 Å². The lowest BCUT2D eigenvalue weighted by atomic mass is 10.1. The first-order valence-electron chi connectivity index (χ1n) is 9.23. The zero-order valence-corrected chi connectivity index (χ0v) is 16.9. The molecular weight excluding hydrogens is 370 g/mol. The molecule has 0 radical (unpaired) electrons. The van der Waals surface area contributed by atoms with Crippen LogP contribution in [0.2, 0.25) is 0 Å². The van der Waals surface area contributed by atoms with Crippen molar-refractivity contribution in [2.75, 3.05) is 13.7 Å². The van der Waals surface area contributed by atoms with Crippen LogP contribution in [0.4, 0.5) is 5.69 Å². The highest BCUT2D eigenvalue weighted by molar-refractivity contribution is 6.01. The van der Waals surface area contributed by atoms with E-state index in [1.54, 1.807) is 69.5 Å². The lowest BCUT2D eigenvalue weighted by molar-refractivity contribution is 0.0526. The molecule has 7 nitrogen and oxygen atoms in total. The van der Waals surface area contributed by atoms with E-state index in [1.165, 1.54) is 4.68 Å². The quantitative estimate of drug-likeness (QED) is 0.510. The maximum atomic E-state index is 13.0. The van der Waals surface area contributed by atoms with Gasteiger partial charge in [0, 0.05) is 5.69 Å². The van der Waals surface area contributed by atoms with Gasteiger partial charge in [-0.2, -0.15) is 0 Å². The Kier molecular flexibility index (Phi) is 5.97. The summed E-state index contributed by atoms with van der Waals surface area (Å²) in [5.41, 5.74) is 3.44. The largest absolute Gasteiger partial charge is 0.497 e. The summed E-state index contributed by atoms with van der Waals surface area (Å²) in [6.07, 6.45) is 0. The first-order valence-corrected chi connectivity index (χ1v) is 9.23. The minimum atomic E-state index is -0.372. The first-order chi connectivity index (χ1) is 13.9. The van der Waals surface area contributed by atoms with Crippen LogP contribution in [0.5, 0.6) is 5.75 Å². The van der Waals surface area contributed by atoms with Gasteiger partial charge in [0.25, 0.3) is 5.56 Å². The Morgan fingerprint density at radius 2 is 1.76 bits per heavy atom. The van der Waals surface area contributed by atoms with Gasteiger partial charge in [-0.25, -0.2) is 9.48 Å². The minimum absolute atomic E-state index is 0.183. The highest BCUT2D eigenvalue weighted by Gasteiger charge is 2.15. The third kappa shape index (κ3) is 4.29. The fraction of sp³-hybridized carbons (Fsp3) is 0.227. The Bertz CT molecular complexity index is 1090. The molecule has 0 fully saturated rings. The highest BCUT2D eigenvalue weighted by Crippen LogP contribution is 2.17. The van der Waals surface area contributed by atoms with Crippen molar-refractivity contribution in [3.8, 4) is 11.4 Å². The van der Waals surface area contributed by atoms with Crippen LogP contribution in [0, 0.1) is 6.92 Å². The second kappa shape index (κ2) is 8.60. The molecule has 7 heteroatoms. The van der Waals surface area contributed by atoms with E-state index in [1.807, 2.05) is 6.92 Å². The van der Waals surface area contributed by atoms with Crippen LogP contribution in [0.1, 0.15) is 35.5 Å². The molecule has 0 unspecified atom stereocenters. The number of carbonyl (C=O) groups excluding carboxylic acids is 1. The van der Waals surface area contributed by atoms with Gasteiger partial charge in [0.1, 0.15) is 5.75 Å². The zero-order chi connectivity index (χ0) is 21.0. The average molecular weight is 393 g/mol. The van der Waals surface area contributed by atoms with Gasteiger partial charge in [0.15, 0.2) is 0 Å². The average Bonchev–Trinajstić information content (AvgIpc) is 3.03. The number of nitrogens with one attached hydrogen (secondary N) is 1. The Hall–Kier alpha value is -3.61. The number of carbonyl (C=O) groups is 1. The predicted molar refractivity (Wildman–Crippen MR) is 112 cm³/mol. The molecule has 150 valence electrons. The van der Waals surface area contributed by atoms with E-state index in [2.05, 4.69) is 10.1 Å². The standard InChI is InChI=1S/C22H23N3O4/c1-5-29-22(27)16-6-8-17(9-7-16)23-14(2)20-15(3)24-25(21(20)26)18-10-12-19(28-4)13-11-18/h6-13,24H,5H2,1-4H3. The lowest BCUT2D eigenvalue weighted by Gasteiger charge is -2.03. The molecule has 0 aliphatic rings. The third-order valence-electron chi connectivity index (χ3n) is 4.44. The number of esters is 1. The number of rotatable bonds is 6. The van der Waals surface area contributed by atoms with Gasteiger partial charge in [-0.05, 0) is 69.3 Å². The molecule has 0 atom stereocenters. The van der Waals surface area contributed by atoms with E-state index < -0.39 is 0 Å². The van der Waals surface area contributed by atoms with E-state index in [0.717, 1.165) is 5.69 Å². The summed E-state index contributed by atoms with van der Waals surface area (Å²) >= 11 is 0. The number of hydrogen-bond donors (Lipinski definition) is 1. The minimum Gasteiger partial charge on any atom is -0.497 e. The van der Waals surface area contributed by atoms with E-state index in [0.29, 0.717) is 40.6 Å². The van der Waals surface area contributed by atoms with Crippen molar-refractivity contribution in [1.29, 1.82) is 0 Å². The Morgan fingerprint density at radius 3 is 2.34 bits per heavy atom. The number of nitrogens with zero attached hydrogens (tertiary/aromatic N) is 2. The van der Waals surface area contributed by atoms with Gasteiger partial charge in [-0.3, -0.25) is 14.9 Å². The summed E-state index contributed by atoms with van der Waals surface area (Å²) in [6, 6.07) is 14.0. The molecule has 3 rings (SSSR count). The smallest absolute Gasteiger partial charge is 0.338 e. The van der Waals surface area contributed by atoms with E-state index in [9.17, 15) is 9.59 Å². The molecule has 1 heterocycles. The van der Waals surface area contributed by atoms with Crippen molar-refractivity contribution in [2.45, 2.75) is 20.8 Å². The molecule has 1 N–H and O–H groups in total. The van der Waals surface area contributed by atoms with Crippen LogP contribution in [0.3, 0.4) is 0 Å². The van der Waals surface area contributed by atoms with Gasteiger partial charge >= 0.3 is 5.97 Å². The monoisotopic (exact) mass is 393 g/mol. The molecule has 0 aliphatic carbocycles. The van der Waals surface area contributed by atoms with Gasteiger partial charge in [-0.1, -0.05) is 0 Å². The van der Waals surface area contributed by atoms with Crippen LogP contribution < -0.4 is 10.3 Å². The van der Waals surface area contributed by atoms with Gasteiger partial charge in [-0.15, -0.1) is 0 Å². The predicted octanol–water partition coefficient (Wildman–Crippen LogP) is 3.80. The molecular formula is C22H23N3O4. The molecule has 3 aromatic rings. The number of aryl methyl sites for hydroxylation is 1. The van der Waals surface area contributed by atoms with E-state index in [4.69, 9.17) is 9.47 Å². The number of hydrogen-bond acceptors (Lipinski definition) is 5. The normalized spacial score (nSPS) is 11.4. The van der Waals surface area contributed by atoms with Gasteiger partial charge < -0.3 is 9.47 Å². The summed E-state index contributed by atoms with van der Waals surface area (Å²) in [5.74, 6) is 0.345. The number of methoxy groups -OCH3 is 1. The summed E-state index contributed by atoms with van der Waals surface area (Å²) in [6.45, 7) is 5.71. The van der Waals surface area contributed by atoms with Crippen molar-refractivity contribution in [2.24, 2.45) is 4.99 Å². The SMILES string of the molecule is CCOC(=O)c1ccc(N=C(C)c2c(C)[nH]n(-c3ccc(OC)cc3)c2=O)cc1. The molecule has 0 amide bonds. The van der Waals surface area contributed by atoms with Crippen molar-refractivity contribution in [1.82, 2.24) is 9.78 Å². The fourth-order valence-electron chi connectivity index (χ4n) is 3.02. The summed E-state index contributed by atoms with van der Waals surface area (Å²) in [5, 5.41) is 3.09. The number of aromatic nitrogens is 2. The summed E-state index contributed by atoms with van der Waals surface area (Å²) in [4.78, 5) is 29.2. The lowest BCUT2D eigenvalue weighted by Crippen LogP contribution is -2.19. The number of ether oxygens (including phenoxy) is 2. The molecule has 0 bridgehead atoms. The van der Waals surface area contributed by atoms with Crippen molar-refractivity contribution < 1.29 is 14.3 Å². The molecule has 0 aliphatic heterocycles. The van der Waals surface area contributed by atoms with Crippen molar-refractivity contribution in [3.05, 3.63) is 75.7 Å². The summed E-state index contributed by atoms with van der Waals surface area (Å²) < 4.78 is 11.6. The topological polar surface area (TPSA) is 85.7 Å². The molecule has 0 saturated carbocycles. The number of aliphatic imine (C=N–C) groups is 1. The van der Waals surface area contributed by atoms with Crippen LogP contribution in [0.15, 0.2) is 58.3 Å². The van der Waals surface area contributed by atoms with E-state index >= 15 is 0 Å². The number of benzene rings is 2. The third-order valence-corrected chi connectivity index (χ3v) is 4.44. The number of H-pyrrole nitrogens is 1. The van der Waals surface area contributed by atoms with Gasteiger partial charge in [0.05, 0.1) is 41.9 Å². The molecule has 1 aromatic heterocycles. The fourth-order valence-corrected chi connectivity index (χ4v) is 3.02. The van der Waals surface area contributed by atoms with Crippen LogP contribution in [-0.2, 0) is 4.74 Å². The first kappa shape index (κ1) is 20.1. The summed E-state index contributed by atoms with van der Waals surface area (Å²) in [7, 11) is 1.59. The molecule has 0 saturated heterocycles. The highest BCUT2D eigenvalue weighted by atomic mass is 16.5. The number of aromatic amines is 1. The molecule has 29 heavy (non-hydrogen) atoms. The van der Waals surface area contributed by atoms with E-state index in [-0.39, 0.29) is 11.5 Å². The second-order valence-corrected chi connectivity index (χ2v) is 6.41. The Morgan fingerprint density at radius 1 is 1.10 bits per heavy atom. The second-order valence-electron chi connectivity index (χ2n) is 6.41. The van der Waals surface area contributed by atoms with Crippen LogP contribution in [0.25, 0.3) is 5.69 Å². The van der Waals surface area contributed by atoms with Gasteiger partial charge in [0.2, 0.25) is 0 Å². The zero-order valence-electron chi connectivity index (χ0n) is 16.9. The van der Waals surface area contributed by atoms with Crippen molar-refractivity contribution in [3.63, 3.8) is 0 Å². The van der Waals surface area contributed by atoms with Crippen molar-refractivity contribution >= 4 is 17.4 Å². The maximum Gasteiger partial charge on any atom is 0.338 e. The Balaban J connectivity index is 1.91. The molecule has 0 spiro atoms.